The first kappa shape index (κ1) is 20.3. The number of rotatable bonds is 5. The Hall–Kier alpha value is -3.39. The standard InChI is InChI=1S/C20H18ClN3O5/c1-20(13-8-4-5-9-14(13)21)18(27)24(19(28)23-20)11-16(25)22-15-10-6-3-7-12(15)17(26)29-2/h3-10H,11H2,1-2H3,(H,22,25)(H,23,28)/t20-/m0/s1. The van der Waals surface area contributed by atoms with Gasteiger partial charge in [0.05, 0.1) is 18.4 Å². The van der Waals surface area contributed by atoms with E-state index in [9.17, 15) is 19.2 Å². The third-order valence-corrected chi connectivity index (χ3v) is 4.93. The number of urea groups is 1. The number of imide groups is 1. The van der Waals surface area contributed by atoms with E-state index in [1.165, 1.54) is 26.2 Å². The Balaban J connectivity index is 1.79. The highest BCUT2D eigenvalue weighted by molar-refractivity contribution is 6.32. The molecule has 1 aliphatic heterocycles. The first-order valence-electron chi connectivity index (χ1n) is 8.64. The number of methoxy groups -OCH3 is 1. The fraction of sp³-hybridized carbons (Fsp3) is 0.200. The van der Waals surface area contributed by atoms with Crippen molar-refractivity contribution in [2.75, 3.05) is 19.0 Å². The Morgan fingerprint density at radius 2 is 1.79 bits per heavy atom. The number of ether oxygens (including phenoxy) is 1. The van der Waals surface area contributed by atoms with Gasteiger partial charge in [0.25, 0.3) is 5.91 Å². The highest BCUT2D eigenvalue weighted by Gasteiger charge is 2.50. The third kappa shape index (κ3) is 3.79. The fourth-order valence-corrected chi connectivity index (χ4v) is 3.43. The van der Waals surface area contributed by atoms with Crippen LogP contribution in [0.1, 0.15) is 22.8 Å². The van der Waals surface area contributed by atoms with Gasteiger partial charge in [-0.3, -0.25) is 14.5 Å². The molecule has 2 aromatic rings. The van der Waals surface area contributed by atoms with Crippen LogP contribution in [0.25, 0.3) is 0 Å². The van der Waals surface area contributed by atoms with Crippen molar-refractivity contribution < 1.29 is 23.9 Å². The quantitative estimate of drug-likeness (QED) is 0.576. The number of para-hydroxylation sites is 1. The molecule has 0 bridgehead atoms. The summed E-state index contributed by atoms with van der Waals surface area (Å²) in [5.74, 6) is -1.87. The van der Waals surface area contributed by atoms with Crippen LogP contribution < -0.4 is 10.6 Å². The van der Waals surface area contributed by atoms with Gasteiger partial charge in [0.1, 0.15) is 12.1 Å². The lowest BCUT2D eigenvalue weighted by atomic mass is 9.92. The Morgan fingerprint density at radius 3 is 2.48 bits per heavy atom. The molecule has 0 aliphatic carbocycles. The number of benzene rings is 2. The fourth-order valence-electron chi connectivity index (χ4n) is 3.10. The van der Waals surface area contributed by atoms with Crippen molar-refractivity contribution in [2.45, 2.75) is 12.5 Å². The lowest BCUT2D eigenvalue weighted by Gasteiger charge is -2.23. The van der Waals surface area contributed by atoms with Crippen LogP contribution in [-0.2, 0) is 19.9 Å². The summed E-state index contributed by atoms with van der Waals surface area (Å²) in [5.41, 5.74) is -0.592. The van der Waals surface area contributed by atoms with Crippen molar-refractivity contribution in [1.82, 2.24) is 10.2 Å². The molecule has 3 rings (SSSR count). The van der Waals surface area contributed by atoms with Crippen LogP contribution in [0, 0.1) is 0 Å². The monoisotopic (exact) mass is 415 g/mol. The minimum Gasteiger partial charge on any atom is -0.465 e. The predicted molar refractivity (Wildman–Crippen MR) is 105 cm³/mol. The van der Waals surface area contributed by atoms with Crippen LogP contribution in [0.3, 0.4) is 0 Å². The first-order chi connectivity index (χ1) is 13.8. The molecule has 1 heterocycles. The molecule has 2 aromatic carbocycles. The van der Waals surface area contributed by atoms with Gasteiger partial charge in [-0.05, 0) is 25.1 Å². The molecule has 0 aromatic heterocycles. The molecule has 1 fully saturated rings. The molecule has 0 radical (unpaired) electrons. The van der Waals surface area contributed by atoms with Crippen molar-refractivity contribution in [3.63, 3.8) is 0 Å². The van der Waals surface area contributed by atoms with E-state index in [-0.39, 0.29) is 11.3 Å². The van der Waals surface area contributed by atoms with E-state index in [2.05, 4.69) is 15.4 Å². The molecule has 0 unspecified atom stereocenters. The van der Waals surface area contributed by atoms with Crippen molar-refractivity contribution in [1.29, 1.82) is 0 Å². The summed E-state index contributed by atoms with van der Waals surface area (Å²) in [6.45, 7) is 0.999. The Bertz CT molecular complexity index is 1010. The number of hydrogen-bond acceptors (Lipinski definition) is 5. The summed E-state index contributed by atoms with van der Waals surface area (Å²) in [4.78, 5) is 50.4. The molecule has 2 N–H and O–H groups in total. The third-order valence-electron chi connectivity index (χ3n) is 4.60. The number of nitrogens with zero attached hydrogens (tertiary/aromatic N) is 1. The number of hydrogen-bond donors (Lipinski definition) is 2. The number of carbonyl (C=O) groups excluding carboxylic acids is 4. The van der Waals surface area contributed by atoms with Crippen LogP contribution in [0.4, 0.5) is 10.5 Å². The van der Waals surface area contributed by atoms with E-state index in [0.29, 0.717) is 10.6 Å². The zero-order valence-corrected chi connectivity index (χ0v) is 16.4. The normalized spacial score (nSPS) is 18.4. The number of amides is 4. The van der Waals surface area contributed by atoms with Crippen molar-refractivity contribution in [3.05, 3.63) is 64.7 Å². The predicted octanol–water partition coefficient (Wildman–Crippen LogP) is 2.53. The summed E-state index contributed by atoms with van der Waals surface area (Å²) in [5, 5.41) is 5.45. The highest BCUT2D eigenvalue weighted by Crippen LogP contribution is 2.33. The average molecular weight is 416 g/mol. The Morgan fingerprint density at radius 1 is 1.14 bits per heavy atom. The molecule has 1 aliphatic rings. The number of anilines is 1. The maximum Gasteiger partial charge on any atom is 0.339 e. The zero-order valence-electron chi connectivity index (χ0n) is 15.7. The number of halogens is 1. The second-order valence-electron chi connectivity index (χ2n) is 6.51. The summed E-state index contributed by atoms with van der Waals surface area (Å²) >= 11 is 6.18. The second-order valence-corrected chi connectivity index (χ2v) is 6.92. The maximum atomic E-state index is 12.9. The lowest BCUT2D eigenvalue weighted by molar-refractivity contribution is -0.133. The van der Waals surface area contributed by atoms with E-state index < -0.39 is 35.9 Å². The summed E-state index contributed by atoms with van der Waals surface area (Å²) in [7, 11) is 1.23. The van der Waals surface area contributed by atoms with Crippen LogP contribution >= 0.6 is 11.6 Å². The summed E-state index contributed by atoms with van der Waals surface area (Å²) < 4.78 is 4.68. The molecule has 1 atom stereocenters. The topological polar surface area (TPSA) is 105 Å². The van der Waals surface area contributed by atoms with Crippen molar-refractivity contribution in [2.24, 2.45) is 0 Å². The van der Waals surface area contributed by atoms with Crippen LogP contribution in [0.2, 0.25) is 5.02 Å². The minimum atomic E-state index is -1.39. The minimum absolute atomic E-state index is 0.154. The maximum absolute atomic E-state index is 12.9. The molecule has 29 heavy (non-hydrogen) atoms. The molecule has 9 heteroatoms. The van der Waals surface area contributed by atoms with E-state index in [0.717, 1.165) is 4.90 Å². The molecular formula is C20H18ClN3O5. The van der Waals surface area contributed by atoms with Gasteiger partial charge in [0.15, 0.2) is 0 Å². The molecule has 0 saturated carbocycles. The Kier molecular flexibility index (Phi) is 5.56. The van der Waals surface area contributed by atoms with Gasteiger partial charge >= 0.3 is 12.0 Å². The lowest BCUT2D eigenvalue weighted by Crippen LogP contribution is -2.42. The first-order valence-corrected chi connectivity index (χ1v) is 9.02. The number of esters is 1. The van der Waals surface area contributed by atoms with Crippen molar-refractivity contribution >= 4 is 41.1 Å². The Labute approximate surface area is 171 Å². The van der Waals surface area contributed by atoms with E-state index in [1.807, 2.05) is 0 Å². The van der Waals surface area contributed by atoms with E-state index >= 15 is 0 Å². The largest absolute Gasteiger partial charge is 0.465 e. The van der Waals surface area contributed by atoms with Crippen LogP contribution in [-0.4, -0.2) is 42.4 Å². The second kappa shape index (κ2) is 7.92. The molecular weight excluding hydrogens is 398 g/mol. The van der Waals surface area contributed by atoms with Gasteiger partial charge in [-0.1, -0.05) is 41.9 Å². The van der Waals surface area contributed by atoms with Gasteiger partial charge in [-0.25, -0.2) is 9.59 Å². The number of carbonyl (C=O) groups is 4. The molecule has 150 valence electrons. The number of nitrogens with one attached hydrogen (secondary N) is 2. The molecule has 0 spiro atoms. The van der Waals surface area contributed by atoms with Gasteiger partial charge in [0, 0.05) is 10.6 Å². The summed E-state index contributed by atoms with van der Waals surface area (Å²) in [6.07, 6.45) is 0. The van der Waals surface area contributed by atoms with Crippen LogP contribution in [0.5, 0.6) is 0 Å². The zero-order chi connectivity index (χ0) is 21.2. The van der Waals surface area contributed by atoms with Gasteiger partial charge < -0.3 is 15.4 Å². The van der Waals surface area contributed by atoms with Gasteiger partial charge in [-0.2, -0.15) is 0 Å². The summed E-state index contributed by atoms with van der Waals surface area (Å²) in [6, 6.07) is 12.2. The smallest absolute Gasteiger partial charge is 0.339 e. The van der Waals surface area contributed by atoms with Gasteiger partial charge in [-0.15, -0.1) is 0 Å². The van der Waals surface area contributed by atoms with Crippen molar-refractivity contribution in [3.8, 4) is 0 Å². The van der Waals surface area contributed by atoms with E-state index in [4.69, 9.17) is 11.6 Å². The molecule has 8 nitrogen and oxygen atoms in total. The molecule has 1 saturated heterocycles. The van der Waals surface area contributed by atoms with E-state index in [1.54, 1.807) is 36.4 Å². The van der Waals surface area contributed by atoms with Crippen LogP contribution in [0.15, 0.2) is 48.5 Å². The average Bonchev–Trinajstić information content (AvgIpc) is 2.92. The highest BCUT2D eigenvalue weighted by atomic mass is 35.5. The molecule has 4 amide bonds. The SMILES string of the molecule is COC(=O)c1ccccc1NC(=O)CN1C(=O)N[C@@](C)(c2ccccc2Cl)C1=O. The van der Waals surface area contributed by atoms with Gasteiger partial charge in [0.2, 0.25) is 5.91 Å².